The molecule has 3 rings (SSSR count). The van der Waals surface area contributed by atoms with Gasteiger partial charge < -0.3 is 20.4 Å². The molecule has 2 heterocycles. The molecular weight excluding hydrogens is 306 g/mol. The van der Waals surface area contributed by atoms with Crippen molar-refractivity contribution in [3.8, 4) is 0 Å². The molecule has 126 valence electrons. The van der Waals surface area contributed by atoms with Gasteiger partial charge in [-0.05, 0) is 56.6 Å². The molecule has 0 aliphatic carbocycles. The van der Waals surface area contributed by atoms with Crippen LogP contribution in [0.2, 0.25) is 0 Å². The van der Waals surface area contributed by atoms with Crippen molar-refractivity contribution >= 4 is 17.5 Å². The number of carbonyl (C=O) groups excluding carboxylic acids is 2. The average molecular weight is 327 g/mol. The first kappa shape index (κ1) is 16.3. The van der Waals surface area contributed by atoms with Crippen molar-refractivity contribution in [1.82, 2.24) is 10.6 Å². The Kier molecular flexibility index (Phi) is 4.96. The quantitative estimate of drug-likeness (QED) is 0.805. The molecule has 2 atom stereocenters. The second-order valence-corrected chi connectivity index (χ2v) is 5.98. The molecule has 1 saturated heterocycles. The monoisotopic (exact) mass is 327 g/mol. The van der Waals surface area contributed by atoms with Gasteiger partial charge in [-0.15, -0.1) is 0 Å². The Balaban J connectivity index is 1.66. The van der Waals surface area contributed by atoms with Crippen molar-refractivity contribution in [1.29, 1.82) is 0 Å². The third kappa shape index (κ3) is 3.83. The van der Waals surface area contributed by atoms with E-state index >= 15 is 0 Å². The zero-order valence-electron chi connectivity index (χ0n) is 13.5. The lowest BCUT2D eigenvalue weighted by Crippen LogP contribution is -2.51. The molecule has 1 aromatic heterocycles. The predicted molar refractivity (Wildman–Crippen MR) is 91.1 cm³/mol. The molecule has 2 aromatic rings. The fraction of sp³-hybridized carbons (Fsp3) is 0.333. The predicted octanol–water partition coefficient (Wildman–Crippen LogP) is 2.40. The zero-order valence-corrected chi connectivity index (χ0v) is 13.5. The van der Waals surface area contributed by atoms with Crippen molar-refractivity contribution < 1.29 is 14.0 Å². The molecule has 0 saturated carbocycles. The van der Waals surface area contributed by atoms with E-state index in [4.69, 9.17) is 4.42 Å². The molecule has 1 aromatic carbocycles. The van der Waals surface area contributed by atoms with Gasteiger partial charge in [0.05, 0.1) is 6.26 Å². The van der Waals surface area contributed by atoms with Crippen LogP contribution in [0.15, 0.2) is 47.1 Å². The highest BCUT2D eigenvalue weighted by atomic mass is 16.3. The smallest absolute Gasteiger partial charge is 0.291 e. The highest BCUT2D eigenvalue weighted by molar-refractivity contribution is 6.03. The summed E-state index contributed by atoms with van der Waals surface area (Å²) in [7, 11) is 0. The van der Waals surface area contributed by atoms with Gasteiger partial charge in [0.1, 0.15) is 0 Å². The van der Waals surface area contributed by atoms with Gasteiger partial charge >= 0.3 is 0 Å². The topological polar surface area (TPSA) is 83.4 Å². The van der Waals surface area contributed by atoms with Crippen LogP contribution in [0, 0.1) is 0 Å². The minimum Gasteiger partial charge on any atom is -0.459 e. The molecule has 6 heteroatoms. The fourth-order valence-corrected chi connectivity index (χ4v) is 2.83. The van der Waals surface area contributed by atoms with Crippen LogP contribution in [0.25, 0.3) is 0 Å². The average Bonchev–Trinajstić information content (AvgIpc) is 3.12. The number of hydrogen-bond donors (Lipinski definition) is 3. The van der Waals surface area contributed by atoms with E-state index in [1.54, 1.807) is 36.4 Å². The van der Waals surface area contributed by atoms with Crippen molar-refractivity contribution in [2.45, 2.75) is 31.8 Å². The summed E-state index contributed by atoms with van der Waals surface area (Å²) in [6.45, 7) is 3.06. The number of hydrogen-bond acceptors (Lipinski definition) is 4. The number of carbonyl (C=O) groups is 2. The maximum absolute atomic E-state index is 12.5. The van der Waals surface area contributed by atoms with Crippen LogP contribution in [0.1, 0.15) is 40.7 Å². The lowest BCUT2D eigenvalue weighted by atomic mass is 9.99. The van der Waals surface area contributed by atoms with E-state index in [0.717, 1.165) is 19.4 Å². The standard InChI is InChI=1S/C18H21N3O3/c1-12-15(7-3-9-19-12)21-17(22)13-5-2-6-14(11-13)20-18(23)16-8-4-10-24-16/h2,4-6,8,10-12,15,19H,3,7,9H2,1H3,(H,20,23)(H,21,22). The number of anilines is 1. The van der Waals surface area contributed by atoms with Gasteiger partial charge in [0, 0.05) is 23.3 Å². The largest absolute Gasteiger partial charge is 0.459 e. The Labute approximate surface area is 140 Å². The van der Waals surface area contributed by atoms with Crippen LogP contribution in [0.4, 0.5) is 5.69 Å². The maximum Gasteiger partial charge on any atom is 0.291 e. The van der Waals surface area contributed by atoms with Crippen LogP contribution < -0.4 is 16.0 Å². The van der Waals surface area contributed by atoms with Gasteiger partial charge in [0.15, 0.2) is 5.76 Å². The first-order valence-electron chi connectivity index (χ1n) is 8.12. The summed E-state index contributed by atoms with van der Waals surface area (Å²) in [5.74, 6) is -0.251. The van der Waals surface area contributed by atoms with E-state index < -0.39 is 0 Å². The molecule has 0 radical (unpaired) electrons. The van der Waals surface area contributed by atoms with Gasteiger partial charge in [-0.1, -0.05) is 6.07 Å². The number of rotatable bonds is 4. The number of benzene rings is 1. The lowest BCUT2D eigenvalue weighted by Gasteiger charge is -2.30. The summed E-state index contributed by atoms with van der Waals surface area (Å²) >= 11 is 0. The molecule has 24 heavy (non-hydrogen) atoms. The Morgan fingerprint density at radius 3 is 2.83 bits per heavy atom. The van der Waals surface area contributed by atoms with E-state index in [0.29, 0.717) is 11.3 Å². The first-order chi connectivity index (χ1) is 11.6. The van der Waals surface area contributed by atoms with E-state index in [2.05, 4.69) is 22.9 Å². The van der Waals surface area contributed by atoms with Crippen molar-refractivity contribution in [3.63, 3.8) is 0 Å². The Hall–Kier alpha value is -2.60. The SMILES string of the molecule is CC1NCCCC1NC(=O)c1cccc(NC(=O)c2ccco2)c1. The molecule has 1 aliphatic heterocycles. The van der Waals surface area contributed by atoms with E-state index in [1.165, 1.54) is 6.26 Å². The summed E-state index contributed by atoms with van der Waals surface area (Å²) in [5.41, 5.74) is 1.07. The maximum atomic E-state index is 12.5. The van der Waals surface area contributed by atoms with Gasteiger partial charge in [0.2, 0.25) is 0 Å². The molecule has 6 nitrogen and oxygen atoms in total. The third-order valence-electron chi connectivity index (χ3n) is 4.21. The number of piperidine rings is 1. The van der Waals surface area contributed by atoms with Gasteiger partial charge in [-0.25, -0.2) is 0 Å². The molecule has 1 fully saturated rings. The third-order valence-corrected chi connectivity index (χ3v) is 4.21. The van der Waals surface area contributed by atoms with Crippen LogP contribution in [-0.2, 0) is 0 Å². The minimum absolute atomic E-state index is 0.118. The van der Waals surface area contributed by atoms with Crippen molar-refractivity contribution in [3.05, 3.63) is 54.0 Å². The molecule has 2 amide bonds. The second-order valence-electron chi connectivity index (χ2n) is 5.98. The lowest BCUT2D eigenvalue weighted by molar-refractivity contribution is 0.0918. The van der Waals surface area contributed by atoms with Crippen LogP contribution in [0.3, 0.4) is 0 Å². The number of nitrogens with one attached hydrogen (secondary N) is 3. The number of furan rings is 1. The van der Waals surface area contributed by atoms with E-state index in [1.807, 2.05) is 0 Å². The summed E-state index contributed by atoms with van der Waals surface area (Å²) in [6, 6.07) is 10.5. The Morgan fingerprint density at radius 1 is 1.21 bits per heavy atom. The molecule has 3 N–H and O–H groups in total. The molecular formula is C18H21N3O3. The van der Waals surface area contributed by atoms with Crippen LogP contribution >= 0.6 is 0 Å². The van der Waals surface area contributed by atoms with Crippen molar-refractivity contribution in [2.75, 3.05) is 11.9 Å². The second kappa shape index (κ2) is 7.31. The van der Waals surface area contributed by atoms with Crippen LogP contribution in [-0.4, -0.2) is 30.4 Å². The van der Waals surface area contributed by atoms with Crippen molar-refractivity contribution in [2.24, 2.45) is 0 Å². The summed E-state index contributed by atoms with van der Waals surface area (Å²) in [6.07, 6.45) is 3.46. The van der Waals surface area contributed by atoms with E-state index in [9.17, 15) is 9.59 Å². The first-order valence-corrected chi connectivity index (χ1v) is 8.12. The summed E-state index contributed by atoms with van der Waals surface area (Å²) in [5, 5.41) is 9.15. The highest BCUT2D eigenvalue weighted by Crippen LogP contribution is 2.14. The minimum atomic E-state index is -0.345. The molecule has 0 bridgehead atoms. The Bertz CT molecular complexity index is 712. The summed E-state index contributed by atoms with van der Waals surface area (Å²) in [4.78, 5) is 24.5. The molecule has 0 spiro atoms. The Morgan fingerprint density at radius 2 is 2.08 bits per heavy atom. The van der Waals surface area contributed by atoms with Gasteiger partial charge in [-0.3, -0.25) is 9.59 Å². The number of amides is 2. The van der Waals surface area contributed by atoms with Gasteiger partial charge in [-0.2, -0.15) is 0 Å². The summed E-state index contributed by atoms with van der Waals surface area (Å²) < 4.78 is 5.06. The molecule has 2 unspecified atom stereocenters. The normalized spacial score (nSPS) is 20.4. The molecule has 1 aliphatic rings. The van der Waals surface area contributed by atoms with E-state index in [-0.39, 0.29) is 29.7 Å². The zero-order chi connectivity index (χ0) is 16.9. The van der Waals surface area contributed by atoms with Gasteiger partial charge in [0.25, 0.3) is 11.8 Å². The van der Waals surface area contributed by atoms with Crippen LogP contribution in [0.5, 0.6) is 0 Å². The fourth-order valence-electron chi connectivity index (χ4n) is 2.83. The highest BCUT2D eigenvalue weighted by Gasteiger charge is 2.23.